The van der Waals surface area contributed by atoms with Gasteiger partial charge in [0.15, 0.2) is 0 Å². The van der Waals surface area contributed by atoms with E-state index in [0.29, 0.717) is 13.0 Å². The molecular weight excluding hydrogens is 188 g/mol. The van der Waals surface area contributed by atoms with Crippen LogP contribution in [0.3, 0.4) is 0 Å². The number of benzene rings is 1. The highest BCUT2D eigenvalue weighted by Crippen LogP contribution is 2.23. The van der Waals surface area contributed by atoms with Crippen molar-refractivity contribution in [3.63, 3.8) is 0 Å². The number of ether oxygens (including phenoxy) is 1. The van der Waals surface area contributed by atoms with E-state index < -0.39 is 0 Å². The number of hydrogen-bond donors (Lipinski definition) is 0. The molecule has 15 heavy (non-hydrogen) atoms. The number of carbonyl (C=O) groups excluding carboxylic acids is 1. The molecule has 0 heterocycles. The van der Waals surface area contributed by atoms with Gasteiger partial charge in [-0.2, -0.15) is 0 Å². The number of aryl methyl sites for hydroxylation is 2. The molecule has 0 atom stereocenters. The lowest BCUT2D eigenvalue weighted by molar-refractivity contribution is -0.117. The first kappa shape index (κ1) is 11.8. The highest BCUT2D eigenvalue weighted by atomic mass is 16.5. The number of rotatable bonds is 4. The lowest BCUT2D eigenvalue weighted by Crippen LogP contribution is -2.04. The highest BCUT2D eigenvalue weighted by Gasteiger charge is 2.04. The van der Waals surface area contributed by atoms with E-state index in [9.17, 15) is 4.79 Å². The third-order valence-electron chi connectivity index (χ3n) is 2.48. The predicted octanol–water partition coefficient (Wildman–Crippen LogP) is 2.97. The Bertz CT molecular complexity index is 367. The summed E-state index contributed by atoms with van der Waals surface area (Å²) in [7, 11) is 0. The van der Waals surface area contributed by atoms with E-state index in [2.05, 4.69) is 13.0 Å². The molecule has 0 aliphatic carbocycles. The summed E-state index contributed by atoms with van der Waals surface area (Å²) in [6.07, 6.45) is 0.479. The fraction of sp³-hybridized carbons (Fsp3) is 0.462. The lowest BCUT2D eigenvalue weighted by Gasteiger charge is -2.11. The molecule has 0 radical (unpaired) electrons. The van der Waals surface area contributed by atoms with Crippen LogP contribution < -0.4 is 4.74 Å². The molecule has 1 aromatic carbocycles. The topological polar surface area (TPSA) is 26.3 Å². The zero-order chi connectivity index (χ0) is 11.4. The SMILES string of the molecule is CC(=O)CCOc1cc(C)cc(C)c1C. The van der Waals surface area contributed by atoms with E-state index >= 15 is 0 Å². The smallest absolute Gasteiger partial charge is 0.133 e. The monoisotopic (exact) mass is 206 g/mol. The average molecular weight is 206 g/mol. The van der Waals surface area contributed by atoms with Gasteiger partial charge in [0.05, 0.1) is 6.61 Å². The molecule has 0 saturated carbocycles. The minimum absolute atomic E-state index is 0.164. The molecule has 0 N–H and O–H groups in total. The van der Waals surface area contributed by atoms with Gasteiger partial charge < -0.3 is 4.74 Å². The van der Waals surface area contributed by atoms with Crippen LogP contribution in [-0.4, -0.2) is 12.4 Å². The summed E-state index contributed by atoms with van der Waals surface area (Å²) in [4.78, 5) is 10.8. The van der Waals surface area contributed by atoms with Crippen LogP contribution >= 0.6 is 0 Å². The maximum atomic E-state index is 10.8. The van der Waals surface area contributed by atoms with E-state index in [0.717, 1.165) is 11.3 Å². The molecule has 0 bridgehead atoms. The summed E-state index contributed by atoms with van der Waals surface area (Å²) < 4.78 is 5.59. The molecule has 0 amide bonds. The summed E-state index contributed by atoms with van der Waals surface area (Å²) in [5.41, 5.74) is 3.58. The molecule has 1 rings (SSSR count). The van der Waals surface area contributed by atoms with Crippen molar-refractivity contribution in [3.05, 3.63) is 28.8 Å². The first-order valence-corrected chi connectivity index (χ1v) is 5.21. The van der Waals surface area contributed by atoms with Crippen molar-refractivity contribution in [2.24, 2.45) is 0 Å². The van der Waals surface area contributed by atoms with Crippen LogP contribution in [0.2, 0.25) is 0 Å². The normalized spacial score (nSPS) is 10.1. The number of carbonyl (C=O) groups is 1. The Kier molecular flexibility index (Phi) is 3.89. The van der Waals surface area contributed by atoms with Gasteiger partial charge in [0.25, 0.3) is 0 Å². The van der Waals surface area contributed by atoms with E-state index in [1.165, 1.54) is 11.1 Å². The van der Waals surface area contributed by atoms with Gasteiger partial charge in [-0.3, -0.25) is 4.79 Å². The molecule has 2 nitrogen and oxygen atoms in total. The first-order chi connectivity index (χ1) is 7.00. The second-order valence-electron chi connectivity index (χ2n) is 4.01. The van der Waals surface area contributed by atoms with Crippen LogP contribution in [0.4, 0.5) is 0 Å². The van der Waals surface area contributed by atoms with E-state index in [1.807, 2.05) is 19.9 Å². The Morgan fingerprint density at radius 3 is 2.53 bits per heavy atom. The van der Waals surface area contributed by atoms with Gasteiger partial charge in [0.1, 0.15) is 11.5 Å². The van der Waals surface area contributed by atoms with Gasteiger partial charge in [-0.15, -0.1) is 0 Å². The Morgan fingerprint density at radius 2 is 1.93 bits per heavy atom. The molecule has 0 fully saturated rings. The molecule has 0 unspecified atom stereocenters. The second-order valence-corrected chi connectivity index (χ2v) is 4.01. The Balaban J connectivity index is 2.72. The van der Waals surface area contributed by atoms with Crippen molar-refractivity contribution >= 4 is 5.78 Å². The van der Waals surface area contributed by atoms with Crippen LogP contribution in [0.25, 0.3) is 0 Å². The third kappa shape index (κ3) is 3.39. The molecular formula is C13H18O2. The van der Waals surface area contributed by atoms with Crippen LogP contribution in [-0.2, 0) is 4.79 Å². The summed E-state index contributed by atoms with van der Waals surface area (Å²) in [5, 5.41) is 0. The zero-order valence-corrected chi connectivity index (χ0v) is 9.89. The molecule has 0 aromatic heterocycles. The Labute approximate surface area is 91.3 Å². The lowest BCUT2D eigenvalue weighted by atomic mass is 10.1. The Morgan fingerprint density at radius 1 is 1.27 bits per heavy atom. The van der Waals surface area contributed by atoms with Crippen LogP contribution in [0.5, 0.6) is 5.75 Å². The van der Waals surface area contributed by atoms with Gasteiger partial charge in [-0.05, 0) is 50.5 Å². The zero-order valence-electron chi connectivity index (χ0n) is 9.89. The Hall–Kier alpha value is -1.31. The number of Topliss-reactive ketones (excluding diaryl/α,β-unsaturated/α-hetero) is 1. The van der Waals surface area contributed by atoms with Crippen LogP contribution in [0.1, 0.15) is 30.0 Å². The molecule has 0 saturated heterocycles. The average Bonchev–Trinajstić information content (AvgIpc) is 2.12. The van der Waals surface area contributed by atoms with E-state index in [1.54, 1.807) is 6.92 Å². The standard InChI is InChI=1S/C13H18O2/c1-9-7-10(2)12(4)13(8-9)15-6-5-11(3)14/h7-8H,5-6H2,1-4H3. The number of ketones is 1. The quantitative estimate of drug-likeness (QED) is 0.757. The van der Waals surface area contributed by atoms with Crippen molar-refractivity contribution in [3.8, 4) is 5.75 Å². The second kappa shape index (κ2) is 4.96. The van der Waals surface area contributed by atoms with Crippen molar-refractivity contribution in [1.82, 2.24) is 0 Å². The van der Waals surface area contributed by atoms with Gasteiger partial charge in [-0.1, -0.05) is 6.07 Å². The largest absolute Gasteiger partial charge is 0.493 e. The van der Waals surface area contributed by atoms with Crippen molar-refractivity contribution in [2.45, 2.75) is 34.1 Å². The predicted molar refractivity (Wildman–Crippen MR) is 61.4 cm³/mol. The summed E-state index contributed by atoms with van der Waals surface area (Å²) >= 11 is 0. The van der Waals surface area contributed by atoms with Gasteiger partial charge in [0.2, 0.25) is 0 Å². The fourth-order valence-electron chi connectivity index (χ4n) is 1.46. The number of hydrogen-bond acceptors (Lipinski definition) is 2. The van der Waals surface area contributed by atoms with Crippen molar-refractivity contribution < 1.29 is 9.53 Å². The van der Waals surface area contributed by atoms with Crippen molar-refractivity contribution in [2.75, 3.05) is 6.61 Å². The summed E-state index contributed by atoms with van der Waals surface area (Å²) in [6, 6.07) is 4.15. The minimum Gasteiger partial charge on any atom is -0.493 e. The molecule has 2 heteroatoms. The summed E-state index contributed by atoms with van der Waals surface area (Å²) in [5.74, 6) is 1.06. The molecule has 0 aliphatic rings. The van der Waals surface area contributed by atoms with Gasteiger partial charge >= 0.3 is 0 Å². The van der Waals surface area contributed by atoms with E-state index in [-0.39, 0.29) is 5.78 Å². The van der Waals surface area contributed by atoms with Gasteiger partial charge in [-0.25, -0.2) is 0 Å². The maximum absolute atomic E-state index is 10.8. The van der Waals surface area contributed by atoms with Crippen molar-refractivity contribution in [1.29, 1.82) is 0 Å². The molecule has 82 valence electrons. The van der Waals surface area contributed by atoms with Crippen LogP contribution in [0, 0.1) is 20.8 Å². The molecule has 0 aliphatic heterocycles. The first-order valence-electron chi connectivity index (χ1n) is 5.21. The fourth-order valence-corrected chi connectivity index (χ4v) is 1.46. The minimum atomic E-state index is 0.164. The highest BCUT2D eigenvalue weighted by molar-refractivity contribution is 5.75. The van der Waals surface area contributed by atoms with E-state index in [4.69, 9.17) is 4.74 Å². The molecule has 0 spiro atoms. The maximum Gasteiger partial charge on any atom is 0.133 e. The molecule has 1 aromatic rings. The summed E-state index contributed by atoms with van der Waals surface area (Å²) in [6.45, 7) is 8.21. The van der Waals surface area contributed by atoms with Crippen LogP contribution in [0.15, 0.2) is 12.1 Å². The third-order valence-corrected chi connectivity index (χ3v) is 2.48. The van der Waals surface area contributed by atoms with Gasteiger partial charge in [0, 0.05) is 6.42 Å².